The number of pyridine rings is 1. The van der Waals surface area contributed by atoms with Crippen LogP contribution in [0.4, 0.5) is 5.69 Å². The predicted octanol–water partition coefficient (Wildman–Crippen LogP) is 1.98. The maximum Gasteiger partial charge on any atom is 0.153 e. The van der Waals surface area contributed by atoms with E-state index in [1.165, 1.54) is 0 Å². The summed E-state index contributed by atoms with van der Waals surface area (Å²) < 4.78 is 6.97. The second kappa shape index (κ2) is 5.65. The molecule has 0 spiro atoms. The molecule has 2 heterocycles. The number of hydrogen-bond donors (Lipinski definition) is 1. The smallest absolute Gasteiger partial charge is 0.153 e. The van der Waals surface area contributed by atoms with Gasteiger partial charge in [0.2, 0.25) is 0 Å². The van der Waals surface area contributed by atoms with Crippen molar-refractivity contribution in [3.05, 3.63) is 36.3 Å². The first-order chi connectivity index (χ1) is 7.74. The lowest BCUT2D eigenvalue weighted by atomic mass is 10.2. The van der Waals surface area contributed by atoms with Crippen LogP contribution < -0.4 is 5.73 Å². The number of nitrogen functional groups attached to an aromatic ring is 1. The Labute approximate surface area is 106 Å². The van der Waals surface area contributed by atoms with Crippen LogP contribution in [-0.4, -0.2) is 21.9 Å². The van der Waals surface area contributed by atoms with Crippen molar-refractivity contribution in [1.82, 2.24) is 14.8 Å². The van der Waals surface area contributed by atoms with Crippen molar-refractivity contribution in [2.45, 2.75) is 13.0 Å². The fourth-order valence-corrected chi connectivity index (χ4v) is 1.55. The van der Waals surface area contributed by atoms with E-state index in [1.54, 1.807) is 24.2 Å². The largest absolute Gasteiger partial charge is 0.396 e. The first kappa shape index (κ1) is 13.5. The maximum atomic E-state index is 5.86. The van der Waals surface area contributed by atoms with E-state index >= 15 is 0 Å². The van der Waals surface area contributed by atoms with Crippen LogP contribution in [0, 0.1) is 0 Å². The van der Waals surface area contributed by atoms with Crippen molar-refractivity contribution in [2.24, 2.45) is 0 Å². The van der Waals surface area contributed by atoms with E-state index < -0.39 is 0 Å². The monoisotopic (exact) mass is 254 g/mol. The summed E-state index contributed by atoms with van der Waals surface area (Å²) in [5.74, 6) is 0.734. The van der Waals surface area contributed by atoms with Crippen LogP contribution in [-0.2, 0) is 4.74 Å². The van der Waals surface area contributed by atoms with Crippen LogP contribution >= 0.6 is 12.4 Å². The number of ether oxygens (including phenoxy) is 1. The zero-order valence-corrected chi connectivity index (χ0v) is 10.5. The quantitative estimate of drug-likeness (QED) is 0.910. The van der Waals surface area contributed by atoms with Crippen molar-refractivity contribution in [1.29, 1.82) is 0 Å². The number of nitrogens with two attached hydrogens (primary N) is 1. The Kier molecular flexibility index (Phi) is 4.48. The normalized spacial score (nSPS) is 11.9. The minimum Gasteiger partial charge on any atom is -0.396 e. The van der Waals surface area contributed by atoms with E-state index in [0.29, 0.717) is 5.69 Å². The standard InChI is InChI=1S/C11H14N4O.ClH/c1-8(16-2)11-9(12)7-14-15(11)10-5-3-4-6-13-10;/h3-8H,12H2,1-2H3;1H. The molecule has 0 saturated carbocycles. The Balaban J connectivity index is 0.00000144. The molecule has 1 atom stereocenters. The van der Waals surface area contributed by atoms with E-state index in [1.807, 2.05) is 25.1 Å². The average Bonchev–Trinajstić information content (AvgIpc) is 2.71. The molecule has 2 rings (SSSR count). The van der Waals surface area contributed by atoms with Crippen molar-refractivity contribution < 1.29 is 4.74 Å². The minimum absolute atomic E-state index is 0. The van der Waals surface area contributed by atoms with Gasteiger partial charge in [0.25, 0.3) is 0 Å². The third kappa shape index (κ3) is 2.57. The molecule has 92 valence electrons. The number of halogens is 1. The number of hydrogen-bond acceptors (Lipinski definition) is 4. The van der Waals surface area contributed by atoms with Gasteiger partial charge in [0.1, 0.15) is 0 Å². The highest BCUT2D eigenvalue weighted by Crippen LogP contribution is 2.24. The molecule has 5 nitrogen and oxygen atoms in total. The number of nitrogens with zero attached hydrogens (tertiary/aromatic N) is 3. The molecule has 0 bridgehead atoms. The summed E-state index contributed by atoms with van der Waals surface area (Å²) in [6.45, 7) is 1.92. The zero-order valence-electron chi connectivity index (χ0n) is 9.70. The van der Waals surface area contributed by atoms with Crippen molar-refractivity contribution >= 4 is 18.1 Å². The third-order valence-corrected chi connectivity index (χ3v) is 2.44. The molecule has 0 aromatic carbocycles. The summed E-state index contributed by atoms with van der Waals surface area (Å²) in [6, 6.07) is 5.63. The van der Waals surface area contributed by atoms with Gasteiger partial charge in [-0.3, -0.25) is 0 Å². The topological polar surface area (TPSA) is 66.0 Å². The Morgan fingerprint density at radius 3 is 2.76 bits per heavy atom. The molecule has 6 heteroatoms. The van der Waals surface area contributed by atoms with Crippen LogP contribution in [0.2, 0.25) is 0 Å². The zero-order chi connectivity index (χ0) is 11.5. The lowest BCUT2D eigenvalue weighted by Gasteiger charge is -2.12. The number of aromatic nitrogens is 3. The lowest BCUT2D eigenvalue weighted by molar-refractivity contribution is 0.114. The number of anilines is 1. The second-order valence-electron chi connectivity index (χ2n) is 3.46. The predicted molar refractivity (Wildman–Crippen MR) is 68.4 cm³/mol. The lowest BCUT2D eigenvalue weighted by Crippen LogP contribution is -2.09. The van der Waals surface area contributed by atoms with Crippen molar-refractivity contribution in [2.75, 3.05) is 12.8 Å². The van der Waals surface area contributed by atoms with Gasteiger partial charge in [-0.25, -0.2) is 9.67 Å². The number of methoxy groups -OCH3 is 1. The Bertz CT molecular complexity index is 472. The van der Waals surface area contributed by atoms with E-state index in [0.717, 1.165) is 11.5 Å². The average molecular weight is 255 g/mol. The summed E-state index contributed by atoms with van der Waals surface area (Å²) in [6.07, 6.45) is 3.21. The molecule has 0 fully saturated rings. The van der Waals surface area contributed by atoms with Crippen LogP contribution in [0.1, 0.15) is 18.7 Å². The first-order valence-corrected chi connectivity index (χ1v) is 5.01. The molecule has 17 heavy (non-hydrogen) atoms. The molecule has 2 aromatic rings. The van der Waals surface area contributed by atoms with E-state index in [4.69, 9.17) is 10.5 Å². The van der Waals surface area contributed by atoms with Gasteiger partial charge in [-0.1, -0.05) is 6.07 Å². The van der Waals surface area contributed by atoms with Crippen LogP contribution in [0.25, 0.3) is 5.82 Å². The van der Waals surface area contributed by atoms with E-state index in [-0.39, 0.29) is 18.5 Å². The molecular formula is C11H15ClN4O. The summed E-state index contributed by atoms with van der Waals surface area (Å²) in [5.41, 5.74) is 7.30. The molecule has 0 aliphatic carbocycles. The molecule has 0 aliphatic rings. The molecule has 1 unspecified atom stereocenters. The van der Waals surface area contributed by atoms with Gasteiger partial charge >= 0.3 is 0 Å². The first-order valence-electron chi connectivity index (χ1n) is 5.01. The van der Waals surface area contributed by atoms with Crippen molar-refractivity contribution in [3.63, 3.8) is 0 Å². The highest BCUT2D eigenvalue weighted by atomic mass is 35.5. The summed E-state index contributed by atoms with van der Waals surface area (Å²) in [7, 11) is 1.64. The van der Waals surface area contributed by atoms with Gasteiger partial charge in [-0.2, -0.15) is 5.10 Å². The molecular weight excluding hydrogens is 240 g/mol. The summed E-state index contributed by atoms with van der Waals surface area (Å²) >= 11 is 0. The fourth-order valence-electron chi connectivity index (χ4n) is 1.55. The van der Waals surface area contributed by atoms with Crippen LogP contribution in [0.15, 0.2) is 30.6 Å². The van der Waals surface area contributed by atoms with Gasteiger partial charge < -0.3 is 10.5 Å². The molecule has 0 aliphatic heterocycles. The Morgan fingerprint density at radius 1 is 1.41 bits per heavy atom. The molecule has 0 saturated heterocycles. The highest BCUT2D eigenvalue weighted by molar-refractivity contribution is 5.85. The third-order valence-electron chi connectivity index (χ3n) is 2.44. The van der Waals surface area contributed by atoms with Gasteiger partial charge in [-0.05, 0) is 19.1 Å². The molecule has 0 amide bonds. The molecule has 0 radical (unpaired) electrons. The van der Waals surface area contributed by atoms with E-state index in [9.17, 15) is 0 Å². The van der Waals surface area contributed by atoms with Gasteiger partial charge in [0.15, 0.2) is 5.82 Å². The van der Waals surface area contributed by atoms with Gasteiger partial charge in [-0.15, -0.1) is 12.4 Å². The van der Waals surface area contributed by atoms with Gasteiger partial charge in [0, 0.05) is 13.3 Å². The minimum atomic E-state index is -0.121. The fraction of sp³-hybridized carbons (Fsp3) is 0.273. The summed E-state index contributed by atoms with van der Waals surface area (Å²) in [4.78, 5) is 4.23. The Morgan fingerprint density at radius 2 is 2.18 bits per heavy atom. The van der Waals surface area contributed by atoms with Crippen LogP contribution in [0.5, 0.6) is 0 Å². The number of rotatable bonds is 3. The summed E-state index contributed by atoms with van der Waals surface area (Å²) in [5, 5.41) is 4.20. The SMILES string of the molecule is COC(C)c1c(N)cnn1-c1ccccn1.Cl. The molecule has 2 aromatic heterocycles. The second-order valence-corrected chi connectivity index (χ2v) is 3.46. The maximum absolute atomic E-state index is 5.86. The van der Waals surface area contributed by atoms with Gasteiger partial charge in [0.05, 0.1) is 23.7 Å². The Hall–Kier alpha value is -1.59. The van der Waals surface area contributed by atoms with Crippen molar-refractivity contribution in [3.8, 4) is 5.82 Å². The van der Waals surface area contributed by atoms with Crippen LogP contribution in [0.3, 0.4) is 0 Å². The van der Waals surface area contributed by atoms with E-state index in [2.05, 4.69) is 10.1 Å². The highest BCUT2D eigenvalue weighted by Gasteiger charge is 2.16. The molecule has 2 N–H and O–H groups in total.